The van der Waals surface area contributed by atoms with Crippen LogP contribution in [0.4, 0.5) is 0 Å². The molecule has 19 heavy (non-hydrogen) atoms. The molecule has 96 valence electrons. The van der Waals surface area contributed by atoms with Gasteiger partial charge in [-0.1, -0.05) is 60.7 Å². The Morgan fingerprint density at radius 2 is 1.58 bits per heavy atom. The van der Waals surface area contributed by atoms with Crippen LogP contribution in [-0.4, -0.2) is 11.1 Å². The Morgan fingerprint density at radius 1 is 1.00 bits per heavy atom. The number of nitrogens with one attached hydrogen (secondary N) is 1. The Morgan fingerprint density at radius 3 is 2.16 bits per heavy atom. The highest BCUT2D eigenvalue weighted by atomic mass is 16.4. The topological polar surface area (TPSA) is 49.3 Å². The minimum atomic E-state index is -0.959. The molecule has 2 rings (SSSR count). The maximum absolute atomic E-state index is 11.2. The van der Waals surface area contributed by atoms with Gasteiger partial charge in [-0.2, -0.15) is 0 Å². The van der Waals surface area contributed by atoms with Gasteiger partial charge in [-0.15, -0.1) is 0 Å². The zero-order valence-electron chi connectivity index (χ0n) is 10.4. The molecule has 2 aromatic carbocycles. The van der Waals surface area contributed by atoms with Crippen LogP contribution >= 0.6 is 0 Å². The second-order valence-corrected chi connectivity index (χ2v) is 4.11. The molecule has 3 nitrogen and oxygen atoms in total. The summed E-state index contributed by atoms with van der Waals surface area (Å²) >= 11 is 0. The molecule has 0 aliphatic rings. The van der Waals surface area contributed by atoms with E-state index in [1.165, 1.54) is 0 Å². The molecule has 0 aromatic heterocycles. The molecule has 2 aromatic rings. The van der Waals surface area contributed by atoms with Crippen molar-refractivity contribution in [3.05, 3.63) is 77.5 Å². The first-order chi connectivity index (χ1) is 9.25. The van der Waals surface area contributed by atoms with E-state index >= 15 is 0 Å². The lowest BCUT2D eigenvalue weighted by Gasteiger charge is -2.07. The third-order valence-corrected chi connectivity index (χ3v) is 2.67. The van der Waals surface area contributed by atoms with Gasteiger partial charge in [0.2, 0.25) is 0 Å². The number of carbonyl (C=O) groups is 1. The lowest BCUT2D eigenvalue weighted by atomic mass is 10.2. The molecule has 0 amide bonds. The fraction of sp³-hybridized carbons (Fsp3) is 0.0625. The van der Waals surface area contributed by atoms with Crippen LogP contribution in [0.3, 0.4) is 0 Å². The van der Waals surface area contributed by atoms with E-state index in [9.17, 15) is 9.90 Å². The van der Waals surface area contributed by atoms with Crippen LogP contribution in [0.5, 0.6) is 0 Å². The molecule has 0 radical (unpaired) electrons. The van der Waals surface area contributed by atoms with E-state index in [4.69, 9.17) is 0 Å². The zero-order valence-corrected chi connectivity index (χ0v) is 10.4. The Balaban J connectivity index is 2.09. The van der Waals surface area contributed by atoms with E-state index in [1.807, 2.05) is 60.7 Å². The molecule has 0 saturated carbocycles. The highest BCUT2D eigenvalue weighted by Gasteiger charge is 2.06. The first kappa shape index (κ1) is 12.9. The molecule has 2 N–H and O–H groups in total. The van der Waals surface area contributed by atoms with Gasteiger partial charge in [0.15, 0.2) is 0 Å². The molecule has 0 atom stereocenters. The minimum Gasteiger partial charge on any atom is -0.477 e. The molecule has 0 unspecified atom stereocenters. The van der Waals surface area contributed by atoms with Gasteiger partial charge in [-0.3, -0.25) is 0 Å². The predicted octanol–water partition coefficient (Wildman–Crippen LogP) is 2.90. The standard InChI is InChI=1S/C16H15NO2/c18-16(19)15(11-13-7-3-1-4-8-13)17-12-14-9-5-2-6-10-14/h1-11,17H,12H2,(H,18,19)/b15-11+. The van der Waals surface area contributed by atoms with Gasteiger partial charge in [-0.05, 0) is 17.2 Å². The van der Waals surface area contributed by atoms with Gasteiger partial charge >= 0.3 is 5.97 Å². The first-order valence-corrected chi connectivity index (χ1v) is 6.03. The minimum absolute atomic E-state index is 0.190. The summed E-state index contributed by atoms with van der Waals surface area (Å²) in [7, 11) is 0. The Kier molecular flexibility index (Phi) is 4.34. The SMILES string of the molecule is O=C(O)/C(=C\c1ccccc1)NCc1ccccc1. The molecule has 0 heterocycles. The van der Waals surface area contributed by atoms with Crippen LogP contribution in [-0.2, 0) is 11.3 Å². The average Bonchev–Trinajstić information content (AvgIpc) is 2.45. The molecule has 0 spiro atoms. The second-order valence-electron chi connectivity index (χ2n) is 4.11. The monoisotopic (exact) mass is 253 g/mol. The van der Waals surface area contributed by atoms with Crippen molar-refractivity contribution >= 4 is 12.0 Å². The van der Waals surface area contributed by atoms with Crippen LogP contribution in [0.15, 0.2) is 66.4 Å². The van der Waals surface area contributed by atoms with E-state index < -0.39 is 5.97 Å². The van der Waals surface area contributed by atoms with Crippen molar-refractivity contribution in [2.24, 2.45) is 0 Å². The summed E-state index contributed by atoms with van der Waals surface area (Å²) in [6.45, 7) is 0.492. The van der Waals surface area contributed by atoms with Crippen LogP contribution in [0, 0.1) is 0 Å². The van der Waals surface area contributed by atoms with Crippen molar-refractivity contribution in [1.29, 1.82) is 0 Å². The van der Waals surface area contributed by atoms with Crippen LogP contribution in [0.1, 0.15) is 11.1 Å². The predicted molar refractivity (Wildman–Crippen MR) is 75.3 cm³/mol. The van der Waals surface area contributed by atoms with Crippen molar-refractivity contribution in [2.45, 2.75) is 6.54 Å². The quantitative estimate of drug-likeness (QED) is 0.805. The van der Waals surface area contributed by atoms with Gasteiger partial charge in [0, 0.05) is 6.54 Å². The first-order valence-electron chi connectivity index (χ1n) is 6.03. The fourth-order valence-corrected chi connectivity index (χ4v) is 1.70. The number of carboxylic acids is 1. The number of hydrogen-bond donors (Lipinski definition) is 2. The van der Waals surface area contributed by atoms with Crippen molar-refractivity contribution in [3.63, 3.8) is 0 Å². The van der Waals surface area contributed by atoms with E-state index in [-0.39, 0.29) is 5.70 Å². The van der Waals surface area contributed by atoms with Crippen molar-refractivity contribution in [3.8, 4) is 0 Å². The lowest BCUT2D eigenvalue weighted by Crippen LogP contribution is -2.19. The lowest BCUT2D eigenvalue weighted by molar-refractivity contribution is -0.133. The molecule has 0 fully saturated rings. The fourth-order valence-electron chi connectivity index (χ4n) is 1.70. The van der Waals surface area contributed by atoms with Crippen LogP contribution in [0.25, 0.3) is 6.08 Å². The van der Waals surface area contributed by atoms with Crippen LogP contribution < -0.4 is 5.32 Å². The Bertz CT molecular complexity index is 562. The smallest absolute Gasteiger partial charge is 0.351 e. The molecular weight excluding hydrogens is 238 g/mol. The molecule has 0 bridgehead atoms. The normalized spacial score (nSPS) is 11.1. The molecule has 3 heteroatoms. The third-order valence-electron chi connectivity index (χ3n) is 2.67. The number of carboxylic acid groups (broad SMARTS) is 1. The van der Waals surface area contributed by atoms with E-state index in [1.54, 1.807) is 6.08 Å². The highest BCUT2D eigenvalue weighted by Crippen LogP contribution is 2.06. The molecule has 0 aliphatic carbocycles. The van der Waals surface area contributed by atoms with Crippen molar-refractivity contribution in [2.75, 3.05) is 0 Å². The third kappa shape index (κ3) is 4.00. The Hall–Kier alpha value is -2.55. The van der Waals surface area contributed by atoms with Gasteiger partial charge < -0.3 is 10.4 Å². The highest BCUT2D eigenvalue weighted by molar-refractivity contribution is 5.91. The number of rotatable bonds is 5. The van der Waals surface area contributed by atoms with Gasteiger partial charge in [-0.25, -0.2) is 4.79 Å². The summed E-state index contributed by atoms with van der Waals surface area (Å²) in [4.78, 5) is 11.2. The average molecular weight is 253 g/mol. The summed E-state index contributed by atoms with van der Waals surface area (Å²) in [5.41, 5.74) is 2.10. The summed E-state index contributed by atoms with van der Waals surface area (Å²) in [6.07, 6.45) is 1.63. The molecule has 0 saturated heterocycles. The maximum Gasteiger partial charge on any atom is 0.351 e. The van der Waals surface area contributed by atoms with Crippen molar-refractivity contribution in [1.82, 2.24) is 5.32 Å². The van der Waals surface area contributed by atoms with Gasteiger partial charge in [0.05, 0.1) is 0 Å². The molecular formula is C16H15NO2. The number of benzene rings is 2. The zero-order chi connectivity index (χ0) is 13.5. The summed E-state index contributed by atoms with van der Waals surface area (Å²) in [6, 6.07) is 19.1. The van der Waals surface area contributed by atoms with Crippen molar-refractivity contribution < 1.29 is 9.90 Å². The number of hydrogen-bond acceptors (Lipinski definition) is 2. The van der Waals surface area contributed by atoms with Gasteiger partial charge in [0.25, 0.3) is 0 Å². The van der Waals surface area contributed by atoms with E-state index in [2.05, 4.69) is 5.32 Å². The Labute approximate surface area is 112 Å². The largest absolute Gasteiger partial charge is 0.477 e. The number of aliphatic carboxylic acids is 1. The van der Waals surface area contributed by atoms with Crippen LogP contribution in [0.2, 0.25) is 0 Å². The summed E-state index contributed by atoms with van der Waals surface area (Å²) in [5, 5.41) is 12.1. The second kappa shape index (κ2) is 6.40. The molecule has 0 aliphatic heterocycles. The van der Waals surface area contributed by atoms with Gasteiger partial charge in [0.1, 0.15) is 5.70 Å². The van der Waals surface area contributed by atoms with E-state index in [0.29, 0.717) is 6.54 Å². The van der Waals surface area contributed by atoms with E-state index in [0.717, 1.165) is 11.1 Å². The summed E-state index contributed by atoms with van der Waals surface area (Å²) in [5.74, 6) is -0.959. The maximum atomic E-state index is 11.2. The summed E-state index contributed by atoms with van der Waals surface area (Å²) < 4.78 is 0.